The van der Waals surface area contributed by atoms with E-state index in [4.69, 9.17) is 10.5 Å². The largest absolute Gasteiger partial charge is 0.465 e. The van der Waals surface area contributed by atoms with Crippen molar-refractivity contribution < 1.29 is 27.1 Å². The Balaban J connectivity index is 3.42. The van der Waals surface area contributed by atoms with E-state index >= 15 is 0 Å². The highest BCUT2D eigenvalue weighted by molar-refractivity contribution is 5.84. The maximum atomic E-state index is 12.5. The molecular formula is C16H17F4NO2. The van der Waals surface area contributed by atoms with Crippen LogP contribution in [0.15, 0.2) is 48.6 Å². The summed E-state index contributed by atoms with van der Waals surface area (Å²) < 4.78 is 55.0. The van der Waals surface area contributed by atoms with Crippen LogP contribution in [0.4, 0.5) is 23.2 Å². The van der Waals surface area contributed by atoms with Gasteiger partial charge in [0.15, 0.2) is 0 Å². The first-order valence-corrected chi connectivity index (χ1v) is 6.87. The number of carbonyl (C=O) groups excluding carboxylic acids is 1. The summed E-state index contributed by atoms with van der Waals surface area (Å²) in [6.07, 6.45) is -3.89. The van der Waals surface area contributed by atoms with Crippen LogP contribution in [0.3, 0.4) is 0 Å². The highest BCUT2D eigenvalue weighted by Gasteiger charge is 2.40. The summed E-state index contributed by atoms with van der Waals surface area (Å²) >= 11 is 0. The second kappa shape index (κ2) is 8.36. The third-order valence-corrected chi connectivity index (χ3v) is 3.34. The fraction of sp³-hybridized carbons (Fsp3) is 0.312. The highest BCUT2D eigenvalue weighted by Crippen LogP contribution is 2.36. The minimum atomic E-state index is -2.00. The molecule has 0 atom stereocenters. The number of ether oxygens (including phenoxy) is 1. The van der Waals surface area contributed by atoms with E-state index in [-0.39, 0.29) is 12.2 Å². The Morgan fingerprint density at radius 2 is 1.57 bits per heavy atom. The molecule has 0 amide bonds. The zero-order chi connectivity index (χ0) is 17.5. The van der Waals surface area contributed by atoms with E-state index in [0.29, 0.717) is 17.8 Å². The van der Waals surface area contributed by atoms with Gasteiger partial charge in [0.2, 0.25) is 0 Å². The normalized spacial score (nSPS) is 10.8. The Hall–Kier alpha value is -2.31. The lowest BCUT2D eigenvalue weighted by Crippen LogP contribution is -2.37. The number of esters is 1. The number of nitrogens with two attached hydrogens (primary N) is 1. The summed E-state index contributed by atoms with van der Waals surface area (Å²) in [5.41, 5.74) is 4.57. The lowest BCUT2D eigenvalue weighted by atomic mass is 9.74. The van der Waals surface area contributed by atoms with Crippen molar-refractivity contribution in [1.29, 1.82) is 0 Å². The molecule has 3 nitrogen and oxygen atoms in total. The van der Waals surface area contributed by atoms with Gasteiger partial charge in [0.25, 0.3) is 12.2 Å². The Kier molecular flexibility index (Phi) is 6.81. The standard InChI is InChI=1S/C16H17F4NO2/c1-2-23-15(22)16(9-7-13(17)18,10-8-14(19)20)11-3-5-12(21)6-4-11/h3-8H,2,9-10,21H2,1H3. The zero-order valence-corrected chi connectivity index (χ0v) is 12.5. The van der Waals surface area contributed by atoms with Crippen molar-refractivity contribution in [3.63, 3.8) is 0 Å². The third-order valence-electron chi connectivity index (χ3n) is 3.34. The molecule has 0 aliphatic carbocycles. The maximum Gasteiger partial charge on any atom is 0.317 e. The topological polar surface area (TPSA) is 52.3 Å². The number of halogens is 4. The van der Waals surface area contributed by atoms with Gasteiger partial charge in [-0.2, -0.15) is 17.6 Å². The molecule has 0 bridgehead atoms. The molecule has 0 saturated heterocycles. The van der Waals surface area contributed by atoms with Crippen LogP contribution >= 0.6 is 0 Å². The van der Waals surface area contributed by atoms with E-state index in [2.05, 4.69) is 0 Å². The van der Waals surface area contributed by atoms with E-state index in [9.17, 15) is 22.4 Å². The van der Waals surface area contributed by atoms with Gasteiger partial charge in [-0.05, 0) is 49.6 Å². The van der Waals surface area contributed by atoms with Crippen molar-refractivity contribution in [3.05, 3.63) is 54.1 Å². The van der Waals surface area contributed by atoms with Gasteiger partial charge < -0.3 is 10.5 Å². The average Bonchev–Trinajstić information content (AvgIpc) is 2.48. The number of hydrogen-bond acceptors (Lipinski definition) is 3. The summed E-state index contributed by atoms with van der Waals surface area (Å²) in [4.78, 5) is 12.4. The van der Waals surface area contributed by atoms with Crippen molar-refractivity contribution in [1.82, 2.24) is 0 Å². The third kappa shape index (κ3) is 5.12. The van der Waals surface area contributed by atoms with Crippen LogP contribution in [0.25, 0.3) is 0 Å². The van der Waals surface area contributed by atoms with Crippen molar-refractivity contribution >= 4 is 11.7 Å². The van der Waals surface area contributed by atoms with E-state index in [1.165, 1.54) is 24.3 Å². The van der Waals surface area contributed by atoms with Crippen LogP contribution in [0.2, 0.25) is 0 Å². The number of nitrogen functional groups attached to an aromatic ring is 1. The fourth-order valence-electron chi connectivity index (χ4n) is 2.18. The van der Waals surface area contributed by atoms with Crippen molar-refractivity contribution in [2.75, 3.05) is 12.3 Å². The van der Waals surface area contributed by atoms with Crippen LogP contribution in [-0.4, -0.2) is 12.6 Å². The number of carbonyl (C=O) groups is 1. The quantitative estimate of drug-likeness (QED) is 0.457. The summed E-state index contributed by atoms with van der Waals surface area (Å²) in [5, 5.41) is 0. The molecule has 0 fully saturated rings. The van der Waals surface area contributed by atoms with Gasteiger partial charge in [0, 0.05) is 5.69 Å². The van der Waals surface area contributed by atoms with E-state index in [0.717, 1.165) is 0 Å². The predicted molar refractivity (Wildman–Crippen MR) is 79.0 cm³/mol. The monoisotopic (exact) mass is 331 g/mol. The SMILES string of the molecule is CCOC(=O)C(CC=C(F)F)(CC=C(F)F)c1ccc(N)cc1. The van der Waals surface area contributed by atoms with E-state index in [1.54, 1.807) is 6.92 Å². The predicted octanol–water partition coefficient (Wildman–Crippen LogP) is 4.41. The first-order chi connectivity index (χ1) is 10.8. The molecule has 0 aliphatic rings. The summed E-state index contributed by atoms with van der Waals surface area (Å²) in [6, 6.07) is 5.82. The van der Waals surface area contributed by atoms with Crippen molar-refractivity contribution in [2.45, 2.75) is 25.2 Å². The highest BCUT2D eigenvalue weighted by atomic mass is 19.3. The lowest BCUT2D eigenvalue weighted by molar-refractivity contribution is -0.150. The van der Waals surface area contributed by atoms with Gasteiger partial charge >= 0.3 is 5.97 Å². The van der Waals surface area contributed by atoms with Crippen LogP contribution in [0.5, 0.6) is 0 Å². The van der Waals surface area contributed by atoms with Crippen molar-refractivity contribution in [3.8, 4) is 0 Å². The first-order valence-electron chi connectivity index (χ1n) is 6.87. The Bertz CT molecular complexity index is 569. The molecule has 0 spiro atoms. The molecule has 2 N–H and O–H groups in total. The average molecular weight is 331 g/mol. The minimum Gasteiger partial charge on any atom is -0.465 e. The molecule has 1 aromatic carbocycles. The van der Waals surface area contributed by atoms with Crippen LogP contribution in [0.1, 0.15) is 25.3 Å². The minimum absolute atomic E-state index is 0.000795. The van der Waals surface area contributed by atoms with Gasteiger partial charge in [-0.15, -0.1) is 0 Å². The van der Waals surface area contributed by atoms with Crippen LogP contribution in [-0.2, 0) is 14.9 Å². The summed E-state index contributed by atoms with van der Waals surface area (Å²) in [7, 11) is 0. The molecule has 0 aliphatic heterocycles. The molecule has 23 heavy (non-hydrogen) atoms. The van der Waals surface area contributed by atoms with Gasteiger partial charge in [-0.3, -0.25) is 4.79 Å². The Labute approximate surface area is 131 Å². The lowest BCUT2D eigenvalue weighted by Gasteiger charge is -2.30. The fourth-order valence-corrected chi connectivity index (χ4v) is 2.18. The molecule has 1 aromatic rings. The number of allylic oxidation sites excluding steroid dienone is 2. The Morgan fingerprint density at radius 3 is 1.96 bits per heavy atom. The van der Waals surface area contributed by atoms with Crippen LogP contribution in [0, 0.1) is 0 Å². The molecular weight excluding hydrogens is 314 g/mol. The van der Waals surface area contributed by atoms with E-state index in [1.807, 2.05) is 0 Å². The van der Waals surface area contributed by atoms with Gasteiger partial charge in [0.05, 0.1) is 6.61 Å². The summed E-state index contributed by atoms with van der Waals surface area (Å²) in [6.45, 7) is 1.54. The molecule has 126 valence electrons. The van der Waals surface area contributed by atoms with Gasteiger partial charge in [0.1, 0.15) is 5.41 Å². The van der Waals surface area contributed by atoms with E-state index < -0.39 is 36.4 Å². The molecule has 0 heterocycles. The number of benzene rings is 1. The zero-order valence-electron chi connectivity index (χ0n) is 12.5. The second-order valence-electron chi connectivity index (χ2n) is 4.82. The molecule has 0 radical (unpaired) electrons. The molecule has 1 rings (SSSR count). The van der Waals surface area contributed by atoms with Gasteiger partial charge in [-0.1, -0.05) is 12.1 Å². The Morgan fingerprint density at radius 1 is 1.09 bits per heavy atom. The molecule has 0 saturated carbocycles. The second-order valence-corrected chi connectivity index (χ2v) is 4.82. The molecule has 0 unspecified atom stereocenters. The number of hydrogen-bond donors (Lipinski definition) is 1. The van der Waals surface area contributed by atoms with Crippen molar-refractivity contribution in [2.24, 2.45) is 0 Å². The molecule has 0 aromatic heterocycles. The van der Waals surface area contributed by atoms with Gasteiger partial charge in [-0.25, -0.2) is 0 Å². The van der Waals surface area contributed by atoms with Crippen LogP contribution < -0.4 is 5.73 Å². The molecule has 7 heteroatoms. The maximum absolute atomic E-state index is 12.5. The first kappa shape index (κ1) is 18.7. The number of rotatable bonds is 7. The smallest absolute Gasteiger partial charge is 0.317 e. The summed E-state index contributed by atoms with van der Waals surface area (Å²) in [5.74, 6) is -0.847. The number of anilines is 1.